The molecule has 0 aliphatic heterocycles. The molecule has 10 aromatic rings. The average Bonchev–Trinajstić information content (AvgIpc) is 1.66. The van der Waals surface area contributed by atoms with Crippen molar-refractivity contribution in [3.63, 3.8) is 0 Å². The minimum Gasteiger partial charge on any atom is -0.493 e. The van der Waals surface area contributed by atoms with Crippen LogP contribution in [0.4, 0.5) is 25.0 Å². The van der Waals surface area contributed by atoms with Crippen molar-refractivity contribution in [2.75, 3.05) is 97.7 Å². The smallest absolute Gasteiger partial charge is 0.256 e. The highest BCUT2D eigenvalue weighted by Gasteiger charge is 2.32. The summed E-state index contributed by atoms with van der Waals surface area (Å²) in [7, 11) is 15.2. The molecule has 0 spiro atoms. The van der Waals surface area contributed by atoms with Crippen molar-refractivity contribution in [2.24, 2.45) is 28.7 Å². The lowest BCUT2D eigenvalue weighted by molar-refractivity contribution is 0.0989. The maximum atomic E-state index is 12.6. The summed E-state index contributed by atoms with van der Waals surface area (Å²) in [4.78, 5) is 128. The predicted octanol–water partition coefficient (Wildman–Crippen LogP) is 15.0. The molecular formula is C90H100N10O20S5. The van der Waals surface area contributed by atoms with E-state index in [0.717, 1.165) is 181 Å². The van der Waals surface area contributed by atoms with Crippen molar-refractivity contribution >= 4 is 141 Å². The lowest BCUT2D eigenvalue weighted by Gasteiger charge is -2.11. The normalized spacial score (nSPS) is 13.0. The van der Waals surface area contributed by atoms with E-state index in [1.807, 2.05) is 0 Å². The first-order chi connectivity index (χ1) is 60.2. The van der Waals surface area contributed by atoms with Crippen molar-refractivity contribution in [3.05, 3.63) is 199 Å². The second-order valence-corrected chi connectivity index (χ2v) is 34.5. The van der Waals surface area contributed by atoms with E-state index in [2.05, 4.69) is 26.6 Å². The van der Waals surface area contributed by atoms with E-state index in [1.54, 1.807) is 91.0 Å². The summed E-state index contributed by atoms with van der Waals surface area (Å²) in [6.45, 7) is 0. The first-order valence-corrected chi connectivity index (χ1v) is 44.2. The van der Waals surface area contributed by atoms with Crippen molar-refractivity contribution < 1.29 is 95.3 Å². The summed E-state index contributed by atoms with van der Waals surface area (Å²) in [6.07, 6.45) is 19.4. The number of hydrogen-bond donors (Lipinski definition) is 10. The van der Waals surface area contributed by atoms with E-state index in [4.69, 9.17) is 76.0 Å². The predicted molar refractivity (Wildman–Crippen MR) is 485 cm³/mol. The minimum atomic E-state index is -0.498. The molecule has 5 aliphatic carbocycles. The summed E-state index contributed by atoms with van der Waals surface area (Å²) < 4.78 is 52.0. The van der Waals surface area contributed by atoms with E-state index in [-0.39, 0.29) is 29.5 Å². The van der Waals surface area contributed by atoms with Crippen LogP contribution >= 0.6 is 56.7 Å². The van der Waals surface area contributed by atoms with E-state index >= 15 is 0 Å². The third-order valence-electron chi connectivity index (χ3n) is 21.5. The first-order valence-electron chi connectivity index (χ1n) is 40.1. The molecule has 0 bridgehead atoms. The van der Waals surface area contributed by atoms with Gasteiger partial charge in [0.05, 0.1) is 98.9 Å². The van der Waals surface area contributed by atoms with Gasteiger partial charge in [0, 0.05) is 52.2 Å². The summed E-state index contributed by atoms with van der Waals surface area (Å²) in [5, 5.41) is 16.8. The van der Waals surface area contributed by atoms with Crippen LogP contribution in [0.15, 0.2) is 91.0 Å². The van der Waals surface area contributed by atoms with Crippen molar-refractivity contribution in [2.45, 2.75) is 128 Å². The molecule has 0 saturated carbocycles. The van der Waals surface area contributed by atoms with Crippen molar-refractivity contribution in [3.8, 4) is 57.5 Å². The molecule has 0 fully saturated rings. The third kappa shape index (κ3) is 21.7. The lowest BCUT2D eigenvalue weighted by atomic mass is 9.95. The Morgan fingerprint density at radius 2 is 0.368 bits per heavy atom. The van der Waals surface area contributed by atoms with Crippen molar-refractivity contribution in [1.82, 2.24) is 0 Å². The number of carbonyl (C=O) groups is 10. The van der Waals surface area contributed by atoms with Gasteiger partial charge in [-0.2, -0.15) is 0 Å². The molecule has 5 heterocycles. The van der Waals surface area contributed by atoms with Gasteiger partial charge >= 0.3 is 0 Å². The summed E-state index contributed by atoms with van der Waals surface area (Å²) >= 11 is 7.21. The number of fused-ring (bicyclic) bond motifs is 5. The van der Waals surface area contributed by atoms with Crippen molar-refractivity contribution in [1.29, 1.82) is 0 Å². The Labute approximate surface area is 742 Å². The van der Waals surface area contributed by atoms with Crippen LogP contribution in [-0.2, 0) is 64.2 Å². The Hall–Kier alpha value is -12.7. The largest absolute Gasteiger partial charge is 0.493 e. The zero-order valence-corrected chi connectivity index (χ0v) is 75.0. The number of hydrogen-bond acceptors (Lipinski definition) is 25. The van der Waals surface area contributed by atoms with Gasteiger partial charge in [-0.05, 0) is 247 Å². The summed E-state index contributed by atoms with van der Waals surface area (Å²) in [6, 6.07) is 24.6. The van der Waals surface area contributed by atoms with E-state index in [9.17, 15) is 47.9 Å². The molecule has 125 heavy (non-hydrogen) atoms. The number of thiophene rings is 5. The molecule has 15 rings (SSSR count). The van der Waals surface area contributed by atoms with Crippen LogP contribution in [0.2, 0.25) is 0 Å². The monoisotopic (exact) mass is 1800 g/mol. The number of aryl methyl sites for hydroxylation is 5. The number of rotatable bonds is 25. The van der Waals surface area contributed by atoms with Gasteiger partial charge in [0.25, 0.3) is 59.1 Å². The zero-order chi connectivity index (χ0) is 89.9. The zero-order valence-electron chi connectivity index (χ0n) is 70.9. The topological polar surface area (TPSA) is 453 Å². The fraction of sp³-hybridized carbons (Fsp3) is 0.333. The number of ether oxygens (including phenoxy) is 10. The molecule has 0 radical (unpaired) electrons. The maximum absolute atomic E-state index is 12.6. The van der Waals surface area contributed by atoms with Gasteiger partial charge in [0.15, 0.2) is 57.5 Å². The molecule has 660 valence electrons. The number of nitrogens with two attached hydrogens (primary N) is 5. The maximum Gasteiger partial charge on any atom is 0.256 e. The minimum absolute atomic E-state index is 0.318. The second kappa shape index (κ2) is 43.1. The second-order valence-electron chi connectivity index (χ2n) is 29.0. The summed E-state index contributed by atoms with van der Waals surface area (Å²) in [5.41, 5.74) is 37.1. The highest BCUT2D eigenvalue weighted by atomic mass is 32.1. The fourth-order valence-electron chi connectivity index (χ4n) is 15.3. The molecule has 15 N–H and O–H groups in total. The van der Waals surface area contributed by atoms with Crippen LogP contribution in [0, 0.1) is 0 Å². The number of anilines is 5. The summed E-state index contributed by atoms with van der Waals surface area (Å²) in [5.74, 6) is 0.987. The van der Waals surface area contributed by atoms with Gasteiger partial charge in [0.2, 0.25) is 0 Å². The van der Waals surface area contributed by atoms with Crippen LogP contribution in [0.25, 0.3) is 0 Å². The van der Waals surface area contributed by atoms with Crippen LogP contribution in [0.3, 0.4) is 0 Å². The van der Waals surface area contributed by atoms with Crippen LogP contribution in [0.5, 0.6) is 57.5 Å². The Kier molecular flexibility index (Phi) is 32.1. The Morgan fingerprint density at radius 3 is 0.504 bits per heavy atom. The van der Waals surface area contributed by atoms with Crippen LogP contribution in [0.1, 0.15) is 220 Å². The van der Waals surface area contributed by atoms with Gasteiger partial charge in [-0.25, -0.2) is 0 Å². The van der Waals surface area contributed by atoms with Gasteiger partial charge in [-0.15, -0.1) is 56.7 Å². The highest BCUT2D eigenvalue weighted by Crippen LogP contribution is 2.45. The lowest BCUT2D eigenvalue weighted by Crippen LogP contribution is -2.18. The first kappa shape index (κ1) is 93.0. The number of benzene rings is 5. The molecule has 5 aromatic carbocycles. The Balaban J connectivity index is 0.000000152. The number of nitrogens with one attached hydrogen (secondary N) is 5. The third-order valence-corrected chi connectivity index (χ3v) is 27.5. The molecule has 0 saturated heterocycles. The van der Waals surface area contributed by atoms with Gasteiger partial charge < -0.3 is 103 Å². The number of methoxy groups -OCH3 is 10. The Morgan fingerprint density at radius 1 is 0.224 bits per heavy atom. The van der Waals surface area contributed by atoms with E-state index in [0.29, 0.717) is 138 Å². The highest BCUT2D eigenvalue weighted by molar-refractivity contribution is 7.18. The molecular weight excluding hydrogens is 1700 g/mol. The quantitative estimate of drug-likeness (QED) is 0.0254. The SMILES string of the molecule is COc1ccc(C(=O)Nc2sc3c(c2C(N)=O)CCCC3)cc1OC.COc1ccc(C(=O)Nc2sc3c(c2C(N)=O)CCCC3)cc1OC.COc1ccc(C(=O)Nc2sc3c(c2C(N)=O)CCCC3)cc1OC.COc1ccc(C(=O)Nc2sc3c(c2C(N)=O)CCCC3)cc1OC.COc1ccc(C(=O)Nc2sc3c(c2C(N)=O)CCCC3)cc1OC. The van der Waals surface area contributed by atoms with Crippen LogP contribution < -0.4 is 103 Å². The number of primary amides is 5. The standard InChI is InChI=1S/5C18H20N2O4S/c5*1-23-12-8-7-10(9-13(12)24-2)17(22)20-18-15(16(19)21)11-5-3-4-6-14(11)25-18/h5*7-9H,3-6H2,1-2H3,(H2,19,21)(H,20,22). The molecule has 0 atom stereocenters. The van der Waals surface area contributed by atoms with Gasteiger partial charge in [-0.3, -0.25) is 47.9 Å². The molecule has 5 aliphatic rings. The fourth-order valence-corrected chi connectivity index (χ4v) is 21.8. The molecule has 30 nitrogen and oxygen atoms in total. The number of amides is 10. The molecule has 5 aromatic heterocycles. The average molecular weight is 1800 g/mol. The van der Waals surface area contributed by atoms with Gasteiger partial charge in [0.1, 0.15) is 25.0 Å². The molecule has 0 unspecified atom stereocenters. The van der Waals surface area contributed by atoms with E-state index in [1.165, 1.54) is 128 Å². The Bertz CT molecular complexity index is 4940. The number of carbonyl (C=O) groups excluding carboxylic acids is 10. The van der Waals surface area contributed by atoms with Gasteiger partial charge in [-0.1, -0.05) is 0 Å². The van der Waals surface area contributed by atoms with Crippen LogP contribution in [-0.4, -0.2) is 130 Å². The van der Waals surface area contributed by atoms with E-state index < -0.39 is 29.5 Å². The molecule has 35 heteroatoms. The molecule has 10 amide bonds.